The second kappa shape index (κ2) is 8.47. The summed E-state index contributed by atoms with van der Waals surface area (Å²) >= 11 is 0. The molecule has 1 aromatic heterocycles. The molecule has 1 aliphatic heterocycles. The van der Waals surface area contributed by atoms with Crippen molar-refractivity contribution in [2.24, 2.45) is 5.92 Å². The summed E-state index contributed by atoms with van der Waals surface area (Å²) in [7, 11) is 0. The Kier molecular flexibility index (Phi) is 6.05. The Labute approximate surface area is 157 Å². The van der Waals surface area contributed by atoms with Crippen molar-refractivity contribution in [1.29, 1.82) is 0 Å². The van der Waals surface area contributed by atoms with Crippen molar-refractivity contribution < 1.29 is 9.18 Å². The summed E-state index contributed by atoms with van der Waals surface area (Å²) in [5.41, 5.74) is 0.662. The van der Waals surface area contributed by atoms with Crippen LogP contribution in [0.1, 0.15) is 31.7 Å². The summed E-state index contributed by atoms with van der Waals surface area (Å²) in [6.07, 6.45) is 0.953. The highest BCUT2D eigenvalue weighted by molar-refractivity contribution is 5.78. The van der Waals surface area contributed by atoms with Crippen molar-refractivity contribution in [3.63, 3.8) is 0 Å². The Morgan fingerprint density at radius 1 is 1.30 bits per heavy atom. The van der Waals surface area contributed by atoms with E-state index in [0.717, 1.165) is 25.1 Å². The van der Waals surface area contributed by atoms with E-state index in [1.807, 2.05) is 17.0 Å². The number of hydrogen-bond donors (Lipinski definition) is 2. The SMILES string of the molecule is CC(C)[C@H]1CN(C(=O)Cc2n[nH]c(=O)[nH]2)CCCN1Cc1ccc(F)cc1. The molecule has 0 bridgehead atoms. The summed E-state index contributed by atoms with van der Waals surface area (Å²) < 4.78 is 13.2. The summed E-state index contributed by atoms with van der Waals surface area (Å²) in [5.74, 6) is 0.456. The second-order valence-electron chi connectivity index (χ2n) is 7.40. The molecule has 27 heavy (non-hydrogen) atoms. The number of halogens is 1. The van der Waals surface area contributed by atoms with E-state index in [1.165, 1.54) is 12.1 Å². The Bertz CT molecular complexity index is 814. The van der Waals surface area contributed by atoms with Gasteiger partial charge < -0.3 is 4.90 Å². The number of hydrogen-bond acceptors (Lipinski definition) is 4. The van der Waals surface area contributed by atoms with Crippen LogP contribution >= 0.6 is 0 Å². The van der Waals surface area contributed by atoms with Gasteiger partial charge in [-0.3, -0.25) is 14.7 Å². The van der Waals surface area contributed by atoms with Crippen LogP contribution in [-0.2, 0) is 17.8 Å². The predicted octanol–water partition coefficient (Wildman–Crippen LogP) is 1.54. The molecule has 0 radical (unpaired) electrons. The van der Waals surface area contributed by atoms with Crippen molar-refractivity contribution in [3.05, 3.63) is 52.0 Å². The zero-order valence-electron chi connectivity index (χ0n) is 15.7. The number of carbonyl (C=O) groups is 1. The topological polar surface area (TPSA) is 85.1 Å². The molecule has 1 aromatic carbocycles. The lowest BCUT2D eigenvalue weighted by molar-refractivity contribution is -0.131. The van der Waals surface area contributed by atoms with Gasteiger partial charge in [0.05, 0.1) is 6.42 Å². The van der Waals surface area contributed by atoms with Crippen LogP contribution in [0.4, 0.5) is 4.39 Å². The van der Waals surface area contributed by atoms with Crippen LogP contribution in [0.5, 0.6) is 0 Å². The fraction of sp³-hybridized carbons (Fsp3) is 0.526. The maximum absolute atomic E-state index is 13.2. The first-order chi connectivity index (χ1) is 12.9. The zero-order chi connectivity index (χ0) is 19.4. The number of H-pyrrole nitrogens is 2. The molecule has 2 aromatic rings. The van der Waals surface area contributed by atoms with Gasteiger partial charge >= 0.3 is 5.69 Å². The Morgan fingerprint density at radius 2 is 2.04 bits per heavy atom. The average molecular weight is 375 g/mol. The van der Waals surface area contributed by atoms with Gasteiger partial charge in [0.25, 0.3) is 0 Å². The van der Waals surface area contributed by atoms with E-state index in [2.05, 4.69) is 33.9 Å². The van der Waals surface area contributed by atoms with E-state index >= 15 is 0 Å². The minimum absolute atomic E-state index is 0.0352. The van der Waals surface area contributed by atoms with Gasteiger partial charge in [-0.15, -0.1) is 0 Å². The smallest absolute Gasteiger partial charge is 0.340 e. The van der Waals surface area contributed by atoms with Crippen LogP contribution in [0.2, 0.25) is 0 Å². The second-order valence-corrected chi connectivity index (χ2v) is 7.40. The molecule has 1 saturated heterocycles. The molecular formula is C19H26FN5O2. The Morgan fingerprint density at radius 3 is 2.67 bits per heavy atom. The Hall–Kier alpha value is -2.48. The third-order valence-corrected chi connectivity index (χ3v) is 5.04. The molecule has 0 aliphatic carbocycles. The first-order valence-electron chi connectivity index (χ1n) is 9.32. The highest BCUT2D eigenvalue weighted by Gasteiger charge is 2.29. The lowest BCUT2D eigenvalue weighted by Gasteiger charge is -2.34. The number of nitrogens with one attached hydrogen (secondary N) is 2. The predicted molar refractivity (Wildman–Crippen MR) is 99.5 cm³/mol. The zero-order valence-corrected chi connectivity index (χ0v) is 15.7. The molecule has 2 N–H and O–H groups in total. The van der Waals surface area contributed by atoms with Gasteiger partial charge in [-0.2, -0.15) is 5.10 Å². The van der Waals surface area contributed by atoms with Crippen molar-refractivity contribution in [3.8, 4) is 0 Å². The van der Waals surface area contributed by atoms with Gasteiger partial charge in [0.2, 0.25) is 5.91 Å². The molecule has 146 valence electrons. The molecule has 3 rings (SSSR count). The normalized spacial score (nSPS) is 18.7. The largest absolute Gasteiger partial charge is 0.341 e. The summed E-state index contributed by atoms with van der Waals surface area (Å²) in [4.78, 5) is 30.6. The lowest BCUT2D eigenvalue weighted by atomic mass is 10.0. The number of aromatic nitrogens is 3. The molecule has 1 atom stereocenters. The molecule has 0 unspecified atom stereocenters. The van der Waals surface area contributed by atoms with E-state index in [-0.39, 0.29) is 24.2 Å². The van der Waals surface area contributed by atoms with Crippen molar-refractivity contribution in [2.75, 3.05) is 19.6 Å². The molecule has 1 fully saturated rings. The van der Waals surface area contributed by atoms with Crippen molar-refractivity contribution in [2.45, 2.75) is 39.3 Å². The highest BCUT2D eigenvalue weighted by Crippen LogP contribution is 2.20. The van der Waals surface area contributed by atoms with Crippen molar-refractivity contribution >= 4 is 5.91 Å². The van der Waals surface area contributed by atoms with Crippen LogP contribution in [0.25, 0.3) is 0 Å². The molecule has 7 nitrogen and oxygen atoms in total. The van der Waals surface area contributed by atoms with Gasteiger partial charge in [-0.1, -0.05) is 26.0 Å². The van der Waals surface area contributed by atoms with Gasteiger partial charge in [0.15, 0.2) is 0 Å². The minimum Gasteiger partial charge on any atom is -0.341 e. The minimum atomic E-state index is -0.404. The molecule has 0 spiro atoms. The number of nitrogens with zero attached hydrogens (tertiary/aromatic N) is 3. The maximum atomic E-state index is 13.2. The first-order valence-corrected chi connectivity index (χ1v) is 9.32. The highest BCUT2D eigenvalue weighted by atomic mass is 19.1. The number of carbonyl (C=O) groups excluding carboxylic acids is 1. The molecule has 1 aliphatic rings. The van der Waals surface area contributed by atoms with Crippen LogP contribution in [0.15, 0.2) is 29.1 Å². The Balaban J connectivity index is 1.69. The lowest BCUT2D eigenvalue weighted by Crippen LogP contribution is -2.46. The fourth-order valence-corrected chi connectivity index (χ4v) is 3.59. The van der Waals surface area contributed by atoms with Crippen LogP contribution in [-0.4, -0.2) is 56.6 Å². The summed E-state index contributed by atoms with van der Waals surface area (Å²) in [6.45, 7) is 7.23. The van der Waals surface area contributed by atoms with Gasteiger partial charge in [-0.25, -0.2) is 14.3 Å². The van der Waals surface area contributed by atoms with E-state index in [4.69, 9.17) is 0 Å². The van der Waals surface area contributed by atoms with E-state index < -0.39 is 5.69 Å². The van der Waals surface area contributed by atoms with Crippen LogP contribution in [0.3, 0.4) is 0 Å². The van der Waals surface area contributed by atoms with E-state index in [9.17, 15) is 14.0 Å². The maximum Gasteiger partial charge on any atom is 0.340 e. The fourth-order valence-electron chi connectivity index (χ4n) is 3.59. The summed E-state index contributed by atoms with van der Waals surface area (Å²) in [6, 6.07) is 6.80. The summed E-state index contributed by atoms with van der Waals surface area (Å²) in [5, 5.41) is 6.11. The number of aromatic amines is 2. The molecule has 0 saturated carbocycles. The third kappa shape index (κ3) is 5.03. The standard InChI is InChI=1S/C19H26FN5O2/c1-13(2)16-12-25(18(26)10-17-21-19(27)23-22-17)9-3-8-24(16)11-14-4-6-15(20)7-5-14/h4-7,13,16H,3,8-12H2,1-2H3,(H2,21,22,23,27)/t16-/m1/s1. The molecule has 2 heterocycles. The van der Waals surface area contributed by atoms with E-state index in [0.29, 0.717) is 24.8 Å². The van der Waals surface area contributed by atoms with Crippen molar-refractivity contribution in [1.82, 2.24) is 25.0 Å². The number of rotatable bonds is 5. The van der Waals surface area contributed by atoms with Crippen LogP contribution < -0.4 is 5.69 Å². The number of amides is 1. The van der Waals surface area contributed by atoms with Gasteiger partial charge in [-0.05, 0) is 30.0 Å². The van der Waals surface area contributed by atoms with Gasteiger partial charge in [0.1, 0.15) is 11.6 Å². The number of benzene rings is 1. The molecular weight excluding hydrogens is 349 g/mol. The first kappa shape index (κ1) is 19.3. The van der Waals surface area contributed by atoms with E-state index in [1.54, 1.807) is 0 Å². The monoisotopic (exact) mass is 375 g/mol. The van der Waals surface area contributed by atoms with Gasteiger partial charge in [0, 0.05) is 32.2 Å². The third-order valence-electron chi connectivity index (χ3n) is 5.04. The quantitative estimate of drug-likeness (QED) is 0.830. The average Bonchev–Trinajstić information content (AvgIpc) is 2.90. The molecule has 1 amide bonds. The molecule has 8 heteroatoms. The van der Waals surface area contributed by atoms with Crippen LogP contribution in [0, 0.1) is 11.7 Å².